The molecule has 0 aromatic heterocycles. The van der Waals surface area contributed by atoms with Gasteiger partial charge < -0.3 is 10.2 Å². The number of carbonyl (C=O) groups is 1. The second kappa shape index (κ2) is 6.48. The van der Waals surface area contributed by atoms with E-state index >= 15 is 0 Å². The number of piperidine rings is 1. The minimum Gasteiger partial charge on any atom is -0.338 e. The van der Waals surface area contributed by atoms with Gasteiger partial charge in [0.25, 0.3) is 5.91 Å². The smallest absolute Gasteiger partial charge is 0.256 e. The summed E-state index contributed by atoms with van der Waals surface area (Å²) in [7, 11) is 1.91. The summed E-state index contributed by atoms with van der Waals surface area (Å²) >= 11 is 3.20. The number of nitrogens with zero attached hydrogens (tertiary/aromatic N) is 1. The quantitative estimate of drug-likeness (QED) is 0.925. The van der Waals surface area contributed by atoms with Crippen LogP contribution in [0, 0.1) is 11.7 Å². The molecule has 1 saturated heterocycles. The Kier molecular flexibility index (Phi) is 4.93. The molecule has 1 amide bonds. The molecule has 0 bridgehead atoms. The summed E-state index contributed by atoms with van der Waals surface area (Å²) in [6.45, 7) is 2.32. The summed E-state index contributed by atoms with van der Waals surface area (Å²) < 4.78 is 14.5. The van der Waals surface area contributed by atoms with E-state index in [0.29, 0.717) is 23.5 Å². The fourth-order valence-electron chi connectivity index (χ4n) is 2.54. The number of nitrogens with one attached hydrogen (secondary N) is 1. The molecule has 19 heavy (non-hydrogen) atoms. The van der Waals surface area contributed by atoms with E-state index in [-0.39, 0.29) is 11.5 Å². The van der Waals surface area contributed by atoms with Gasteiger partial charge in [-0.3, -0.25) is 4.79 Å². The van der Waals surface area contributed by atoms with E-state index in [4.69, 9.17) is 0 Å². The molecule has 1 atom stereocenters. The maximum atomic E-state index is 13.8. The van der Waals surface area contributed by atoms with Gasteiger partial charge in [0.15, 0.2) is 0 Å². The van der Waals surface area contributed by atoms with Gasteiger partial charge in [0, 0.05) is 17.6 Å². The summed E-state index contributed by atoms with van der Waals surface area (Å²) in [5.41, 5.74) is 0.160. The molecule has 1 aromatic rings. The van der Waals surface area contributed by atoms with Crippen LogP contribution in [0.2, 0.25) is 0 Å². The van der Waals surface area contributed by atoms with Crippen molar-refractivity contribution in [1.29, 1.82) is 0 Å². The van der Waals surface area contributed by atoms with Gasteiger partial charge in [-0.1, -0.05) is 15.9 Å². The normalized spacial score (nSPS) is 19.5. The van der Waals surface area contributed by atoms with Crippen molar-refractivity contribution >= 4 is 21.8 Å². The Bertz CT molecular complexity index is 465. The Morgan fingerprint density at radius 1 is 1.58 bits per heavy atom. The Balaban J connectivity index is 2.10. The topological polar surface area (TPSA) is 32.3 Å². The van der Waals surface area contributed by atoms with Gasteiger partial charge in [-0.05, 0) is 50.6 Å². The minimum atomic E-state index is -0.463. The van der Waals surface area contributed by atoms with Crippen molar-refractivity contribution in [2.24, 2.45) is 5.92 Å². The average Bonchev–Trinajstić information content (AvgIpc) is 2.39. The molecule has 1 fully saturated rings. The first-order valence-corrected chi connectivity index (χ1v) is 7.30. The van der Waals surface area contributed by atoms with E-state index in [1.165, 1.54) is 6.07 Å². The molecule has 104 valence electrons. The van der Waals surface area contributed by atoms with Gasteiger partial charge in [-0.25, -0.2) is 4.39 Å². The molecule has 2 rings (SSSR count). The summed E-state index contributed by atoms with van der Waals surface area (Å²) in [5.74, 6) is -0.206. The molecule has 0 aliphatic carbocycles. The third-order valence-electron chi connectivity index (χ3n) is 3.46. The molecule has 5 heteroatoms. The molecule has 0 spiro atoms. The first-order valence-electron chi connectivity index (χ1n) is 6.50. The van der Waals surface area contributed by atoms with E-state index in [2.05, 4.69) is 21.2 Å². The van der Waals surface area contributed by atoms with Crippen molar-refractivity contribution in [3.05, 3.63) is 34.1 Å². The Morgan fingerprint density at radius 3 is 3.05 bits per heavy atom. The maximum Gasteiger partial charge on any atom is 0.256 e. The van der Waals surface area contributed by atoms with Crippen molar-refractivity contribution < 1.29 is 9.18 Å². The fourth-order valence-corrected chi connectivity index (χ4v) is 2.87. The van der Waals surface area contributed by atoms with Gasteiger partial charge in [-0.15, -0.1) is 0 Å². The lowest BCUT2D eigenvalue weighted by Crippen LogP contribution is -2.42. The standard InChI is InChI=1S/C14H18BrFN2O/c1-17-8-10-3-2-6-18(9-10)14(19)12-5-4-11(15)7-13(12)16/h4-5,7,10,17H,2-3,6,8-9H2,1H3. The highest BCUT2D eigenvalue weighted by Gasteiger charge is 2.25. The largest absolute Gasteiger partial charge is 0.338 e. The SMILES string of the molecule is CNCC1CCCN(C(=O)c2ccc(Br)cc2F)C1. The fraction of sp³-hybridized carbons (Fsp3) is 0.500. The van der Waals surface area contributed by atoms with Crippen LogP contribution in [-0.2, 0) is 0 Å². The lowest BCUT2D eigenvalue weighted by atomic mass is 9.97. The lowest BCUT2D eigenvalue weighted by Gasteiger charge is -2.32. The van der Waals surface area contributed by atoms with Crippen LogP contribution < -0.4 is 5.32 Å². The predicted octanol–water partition coefficient (Wildman–Crippen LogP) is 2.66. The van der Waals surface area contributed by atoms with E-state index < -0.39 is 5.82 Å². The van der Waals surface area contributed by atoms with Crippen LogP contribution in [-0.4, -0.2) is 37.5 Å². The van der Waals surface area contributed by atoms with Gasteiger partial charge in [0.2, 0.25) is 0 Å². The molecule has 3 nitrogen and oxygen atoms in total. The predicted molar refractivity (Wildman–Crippen MR) is 76.7 cm³/mol. The zero-order valence-electron chi connectivity index (χ0n) is 11.0. The Morgan fingerprint density at radius 2 is 2.37 bits per heavy atom. The number of benzene rings is 1. The van der Waals surface area contributed by atoms with Gasteiger partial charge in [-0.2, -0.15) is 0 Å². The van der Waals surface area contributed by atoms with Crippen molar-refractivity contribution in [3.8, 4) is 0 Å². The molecule has 1 aliphatic heterocycles. The zero-order valence-corrected chi connectivity index (χ0v) is 12.5. The van der Waals surface area contributed by atoms with E-state index in [1.807, 2.05) is 7.05 Å². The first kappa shape index (κ1) is 14.5. The third-order valence-corrected chi connectivity index (χ3v) is 3.95. The lowest BCUT2D eigenvalue weighted by molar-refractivity contribution is 0.0669. The number of halogens is 2. The second-order valence-electron chi connectivity index (χ2n) is 4.94. The summed E-state index contributed by atoms with van der Waals surface area (Å²) in [4.78, 5) is 14.1. The van der Waals surface area contributed by atoms with Crippen LogP contribution in [0.4, 0.5) is 4.39 Å². The highest BCUT2D eigenvalue weighted by atomic mass is 79.9. The van der Waals surface area contributed by atoms with Gasteiger partial charge in [0.05, 0.1) is 5.56 Å². The number of likely N-dealkylation sites (tertiary alicyclic amines) is 1. The number of carbonyl (C=O) groups excluding carboxylic acids is 1. The Labute approximate surface area is 121 Å². The number of hydrogen-bond acceptors (Lipinski definition) is 2. The molecule has 0 radical (unpaired) electrons. The van der Waals surface area contributed by atoms with E-state index in [9.17, 15) is 9.18 Å². The van der Waals surface area contributed by atoms with Crippen molar-refractivity contribution in [1.82, 2.24) is 10.2 Å². The molecule has 1 N–H and O–H groups in total. The van der Waals surface area contributed by atoms with Gasteiger partial charge in [0.1, 0.15) is 5.82 Å². The number of amides is 1. The van der Waals surface area contributed by atoms with Crippen molar-refractivity contribution in [2.45, 2.75) is 12.8 Å². The molecule has 1 aliphatic rings. The molecule has 1 heterocycles. The van der Waals surface area contributed by atoms with Crippen molar-refractivity contribution in [3.63, 3.8) is 0 Å². The van der Waals surface area contributed by atoms with Gasteiger partial charge >= 0.3 is 0 Å². The molecular formula is C14H18BrFN2O. The number of hydrogen-bond donors (Lipinski definition) is 1. The second-order valence-corrected chi connectivity index (χ2v) is 5.86. The van der Waals surface area contributed by atoms with Crippen LogP contribution in [0.5, 0.6) is 0 Å². The van der Waals surface area contributed by atoms with Crippen LogP contribution in [0.25, 0.3) is 0 Å². The summed E-state index contributed by atoms with van der Waals surface area (Å²) in [5, 5.41) is 3.14. The monoisotopic (exact) mass is 328 g/mol. The summed E-state index contributed by atoms with van der Waals surface area (Å²) in [6.07, 6.45) is 2.10. The minimum absolute atomic E-state index is 0.160. The molecule has 1 unspecified atom stereocenters. The summed E-state index contributed by atoms with van der Waals surface area (Å²) in [6, 6.07) is 4.58. The maximum absolute atomic E-state index is 13.8. The average molecular weight is 329 g/mol. The van der Waals surface area contributed by atoms with Crippen molar-refractivity contribution in [2.75, 3.05) is 26.7 Å². The molecule has 1 aromatic carbocycles. The van der Waals surface area contributed by atoms with E-state index in [0.717, 1.165) is 19.4 Å². The first-order chi connectivity index (χ1) is 9.11. The molecular weight excluding hydrogens is 311 g/mol. The Hall–Kier alpha value is -0.940. The van der Waals surface area contributed by atoms with Crippen LogP contribution in [0.3, 0.4) is 0 Å². The molecule has 0 saturated carbocycles. The van der Waals surface area contributed by atoms with E-state index in [1.54, 1.807) is 17.0 Å². The van der Waals surface area contributed by atoms with Crippen LogP contribution >= 0.6 is 15.9 Å². The van der Waals surface area contributed by atoms with Crippen LogP contribution in [0.15, 0.2) is 22.7 Å². The zero-order chi connectivity index (χ0) is 13.8. The van der Waals surface area contributed by atoms with Crippen LogP contribution in [0.1, 0.15) is 23.2 Å². The third kappa shape index (κ3) is 3.54. The highest BCUT2D eigenvalue weighted by molar-refractivity contribution is 9.10. The highest BCUT2D eigenvalue weighted by Crippen LogP contribution is 2.21. The number of rotatable bonds is 3.